The van der Waals surface area contributed by atoms with Crippen molar-refractivity contribution in [2.45, 2.75) is 52.1 Å². The van der Waals surface area contributed by atoms with Gasteiger partial charge >= 0.3 is 0 Å². The van der Waals surface area contributed by atoms with Crippen LogP contribution in [0.2, 0.25) is 0 Å². The van der Waals surface area contributed by atoms with Crippen LogP contribution in [0.15, 0.2) is 30.5 Å². The fourth-order valence-corrected chi connectivity index (χ4v) is 3.79. The lowest BCUT2D eigenvalue weighted by molar-refractivity contribution is 0.0940. The lowest BCUT2D eigenvalue weighted by atomic mass is 9.96. The van der Waals surface area contributed by atoms with E-state index in [-0.39, 0.29) is 11.9 Å². The number of methoxy groups -OCH3 is 1. The van der Waals surface area contributed by atoms with Crippen molar-refractivity contribution in [3.8, 4) is 5.75 Å². The number of hydrogen-bond acceptors (Lipinski definition) is 5. The van der Waals surface area contributed by atoms with Gasteiger partial charge < -0.3 is 10.1 Å². The molecule has 1 atom stereocenters. The zero-order valence-corrected chi connectivity index (χ0v) is 17.1. The van der Waals surface area contributed by atoms with Crippen molar-refractivity contribution in [2.75, 3.05) is 20.2 Å². The zero-order valence-electron chi connectivity index (χ0n) is 17.1. The molecule has 6 nitrogen and oxygen atoms in total. The van der Waals surface area contributed by atoms with Crippen molar-refractivity contribution in [1.29, 1.82) is 0 Å². The zero-order chi connectivity index (χ0) is 19.9. The summed E-state index contributed by atoms with van der Waals surface area (Å²) in [5.41, 5.74) is 2.48. The van der Waals surface area contributed by atoms with Crippen molar-refractivity contribution in [3.63, 3.8) is 0 Å². The molecule has 1 aromatic carbocycles. The third kappa shape index (κ3) is 4.87. The van der Waals surface area contributed by atoms with Crippen LogP contribution in [0, 0.1) is 6.92 Å². The van der Waals surface area contributed by atoms with E-state index in [0.717, 1.165) is 42.9 Å². The van der Waals surface area contributed by atoms with Crippen LogP contribution in [-0.2, 0) is 6.54 Å². The molecular weight excluding hydrogens is 352 g/mol. The second kappa shape index (κ2) is 9.64. The second-order valence-corrected chi connectivity index (χ2v) is 7.29. The van der Waals surface area contributed by atoms with Crippen molar-refractivity contribution in [1.82, 2.24) is 20.2 Å². The molecule has 28 heavy (non-hydrogen) atoms. The Kier molecular flexibility index (Phi) is 6.98. The molecule has 1 aliphatic rings. The molecular formula is C22H30N4O2. The van der Waals surface area contributed by atoms with E-state index in [1.165, 1.54) is 12.8 Å². The first-order valence-electron chi connectivity index (χ1n) is 10.1. The Morgan fingerprint density at radius 2 is 2.07 bits per heavy atom. The van der Waals surface area contributed by atoms with Gasteiger partial charge in [0, 0.05) is 12.7 Å². The smallest absolute Gasteiger partial charge is 0.255 e. The third-order valence-electron chi connectivity index (χ3n) is 5.24. The van der Waals surface area contributed by atoms with Crippen molar-refractivity contribution >= 4 is 5.91 Å². The van der Waals surface area contributed by atoms with Gasteiger partial charge in [0.1, 0.15) is 11.6 Å². The van der Waals surface area contributed by atoms with Gasteiger partial charge in [-0.05, 0) is 57.0 Å². The Bertz CT molecular complexity index is 790. The van der Waals surface area contributed by atoms with E-state index in [4.69, 9.17) is 9.72 Å². The van der Waals surface area contributed by atoms with Crippen molar-refractivity contribution < 1.29 is 9.53 Å². The molecule has 6 heteroatoms. The molecule has 2 aromatic rings. The van der Waals surface area contributed by atoms with Gasteiger partial charge in [-0.25, -0.2) is 9.97 Å². The summed E-state index contributed by atoms with van der Waals surface area (Å²) in [5.74, 6) is 1.40. The number of likely N-dealkylation sites (tertiary alicyclic amines) is 1. The fraction of sp³-hybridized carbons (Fsp3) is 0.500. The maximum atomic E-state index is 12.9. The summed E-state index contributed by atoms with van der Waals surface area (Å²) in [6.45, 7) is 6.63. The van der Waals surface area contributed by atoms with E-state index >= 15 is 0 Å². The molecule has 0 bridgehead atoms. The van der Waals surface area contributed by atoms with Gasteiger partial charge in [0.2, 0.25) is 0 Å². The number of nitrogens with one attached hydrogen (secondary N) is 1. The first-order valence-corrected chi connectivity index (χ1v) is 10.1. The lowest BCUT2D eigenvalue weighted by Crippen LogP contribution is -2.36. The Hall–Kier alpha value is -2.47. The molecule has 1 aliphatic heterocycles. The lowest BCUT2D eigenvalue weighted by Gasteiger charge is -2.35. The number of carbonyl (C=O) groups excluding carboxylic acids is 1. The monoisotopic (exact) mass is 382 g/mol. The van der Waals surface area contributed by atoms with Crippen LogP contribution in [0.4, 0.5) is 0 Å². The summed E-state index contributed by atoms with van der Waals surface area (Å²) in [5, 5.41) is 3.02. The van der Waals surface area contributed by atoms with Crippen LogP contribution in [0.5, 0.6) is 5.75 Å². The molecule has 3 rings (SSSR count). The molecule has 0 radical (unpaired) electrons. The van der Waals surface area contributed by atoms with E-state index < -0.39 is 0 Å². The molecule has 0 aliphatic carbocycles. The second-order valence-electron chi connectivity index (χ2n) is 7.29. The van der Waals surface area contributed by atoms with Crippen LogP contribution in [0.1, 0.15) is 66.1 Å². The molecule has 1 N–H and O–H groups in total. The van der Waals surface area contributed by atoms with E-state index in [9.17, 15) is 4.79 Å². The van der Waals surface area contributed by atoms with Crippen LogP contribution < -0.4 is 10.1 Å². The molecule has 1 amide bonds. The topological polar surface area (TPSA) is 67.4 Å². The molecule has 150 valence electrons. The minimum Gasteiger partial charge on any atom is -0.497 e. The van der Waals surface area contributed by atoms with E-state index in [1.54, 1.807) is 13.3 Å². The minimum atomic E-state index is -0.118. The molecule has 1 aromatic heterocycles. The number of piperidine rings is 1. The van der Waals surface area contributed by atoms with Crippen LogP contribution >= 0.6 is 0 Å². The number of nitrogens with zero attached hydrogens (tertiary/aromatic N) is 3. The summed E-state index contributed by atoms with van der Waals surface area (Å²) < 4.78 is 5.18. The minimum absolute atomic E-state index is 0.118. The molecule has 1 saturated heterocycles. The predicted octanol–water partition coefficient (Wildman–Crippen LogP) is 3.66. The number of rotatable bonds is 7. The summed E-state index contributed by atoms with van der Waals surface area (Å²) in [6, 6.07) is 7.89. The van der Waals surface area contributed by atoms with Crippen molar-refractivity contribution in [3.05, 3.63) is 53.1 Å². The van der Waals surface area contributed by atoms with Gasteiger partial charge in [-0.3, -0.25) is 9.69 Å². The predicted molar refractivity (Wildman–Crippen MR) is 109 cm³/mol. The largest absolute Gasteiger partial charge is 0.497 e. The normalized spacial score (nSPS) is 17.3. The first-order chi connectivity index (χ1) is 13.6. The fourth-order valence-electron chi connectivity index (χ4n) is 3.79. The van der Waals surface area contributed by atoms with Crippen LogP contribution in [-0.4, -0.2) is 41.0 Å². The number of aromatic nitrogens is 2. The highest BCUT2D eigenvalue weighted by Gasteiger charge is 2.28. The van der Waals surface area contributed by atoms with E-state index in [0.29, 0.717) is 17.9 Å². The number of hydrogen-bond donors (Lipinski definition) is 1. The number of carbonyl (C=O) groups is 1. The standard InChI is InChI=1S/C22H30N4O2/c1-4-12-26-13-6-5-7-20(26)21-19(15-23-16(2)25-21)22(27)24-14-17-8-10-18(28-3)11-9-17/h8-11,15,20H,4-7,12-14H2,1-3H3,(H,24,27). The highest BCUT2D eigenvalue weighted by Crippen LogP contribution is 2.31. The Morgan fingerprint density at radius 3 is 2.79 bits per heavy atom. The Balaban J connectivity index is 1.77. The Labute approximate surface area is 167 Å². The first kappa shape index (κ1) is 20.3. The van der Waals surface area contributed by atoms with Gasteiger partial charge in [0.15, 0.2) is 0 Å². The van der Waals surface area contributed by atoms with Gasteiger partial charge in [0.25, 0.3) is 5.91 Å². The average molecular weight is 383 g/mol. The van der Waals surface area contributed by atoms with E-state index in [1.807, 2.05) is 31.2 Å². The Morgan fingerprint density at radius 1 is 1.29 bits per heavy atom. The van der Waals surface area contributed by atoms with Crippen LogP contribution in [0.3, 0.4) is 0 Å². The molecule has 1 fully saturated rings. The number of aryl methyl sites for hydroxylation is 1. The van der Waals surface area contributed by atoms with E-state index in [2.05, 4.69) is 22.1 Å². The summed E-state index contributed by atoms with van der Waals surface area (Å²) in [7, 11) is 1.64. The van der Waals surface area contributed by atoms with Gasteiger partial charge in [-0.1, -0.05) is 25.5 Å². The molecule has 2 heterocycles. The summed E-state index contributed by atoms with van der Waals surface area (Å²) in [4.78, 5) is 24.4. The maximum absolute atomic E-state index is 12.9. The molecule has 1 unspecified atom stereocenters. The summed E-state index contributed by atoms with van der Waals surface area (Å²) in [6.07, 6.45) is 6.19. The number of benzene rings is 1. The quantitative estimate of drug-likeness (QED) is 0.791. The van der Waals surface area contributed by atoms with Gasteiger partial charge in [0.05, 0.1) is 24.4 Å². The maximum Gasteiger partial charge on any atom is 0.255 e. The molecule has 0 saturated carbocycles. The summed E-state index contributed by atoms with van der Waals surface area (Å²) >= 11 is 0. The number of ether oxygens (including phenoxy) is 1. The van der Waals surface area contributed by atoms with Crippen LogP contribution in [0.25, 0.3) is 0 Å². The van der Waals surface area contributed by atoms with Gasteiger partial charge in [-0.2, -0.15) is 0 Å². The highest BCUT2D eigenvalue weighted by molar-refractivity contribution is 5.95. The SMILES string of the molecule is CCCN1CCCCC1c1nc(C)ncc1C(=O)NCc1ccc(OC)cc1. The van der Waals surface area contributed by atoms with Gasteiger partial charge in [-0.15, -0.1) is 0 Å². The van der Waals surface area contributed by atoms with Crippen molar-refractivity contribution in [2.24, 2.45) is 0 Å². The number of amides is 1. The average Bonchev–Trinajstić information content (AvgIpc) is 2.73. The highest BCUT2D eigenvalue weighted by atomic mass is 16.5. The third-order valence-corrected chi connectivity index (χ3v) is 5.24. The molecule has 0 spiro atoms.